The molecule has 0 aliphatic carbocycles. The number of nitrogens with one attached hydrogen (secondary N) is 1. The van der Waals surface area contributed by atoms with Gasteiger partial charge in [-0.05, 0) is 12.1 Å². The van der Waals surface area contributed by atoms with Crippen molar-refractivity contribution in [2.45, 2.75) is 35.8 Å². The van der Waals surface area contributed by atoms with E-state index in [1.54, 1.807) is 0 Å². The number of para-hydroxylation sites is 1. The van der Waals surface area contributed by atoms with Gasteiger partial charge in [0.15, 0.2) is 0 Å². The van der Waals surface area contributed by atoms with Gasteiger partial charge in [0, 0.05) is 0 Å². The van der Waals surface area contributed by atoms with E-state index in [1.165, 1.54) is 0 Å². The van der Waals surface area contributed by atoms with Gasteiger partial charge >= 0.3 is 47.7 Å². The second-order valence-corrected chi connectivity index (χ2v) is 5.86. The first-order valence-corrected chi connectivity index (χ1v) is 7.55. The average molecular weight is 497 g/mol. The van der Waals surface area contributed by atoms with Gasteiger partial charge in [-0.2, -0.15) is 57.1 Å². The average Bonchev–Trinajstić information content (AvgIpc) is 2.66. The highest BCUT2D eigenvalue weighted by atomic mass is 19.4. The summed E-state index contributed by atoms with van der Waals surface area (Å²) in [6, 6.07) is 3.20. The number of methoxy groups -OCH3 is 1. The molecule has 0 bridgehead atoms. The van der Waals surface area contributed by atoms with Crippen LogP contribution in [0.4, 0.5) is 62.8 Å². The van der Waals surface area contributed by atoms with Crippen LogP contribution in [0.5, 0.6) is 0 Å². The summed E-state index contributed by atoms with van der Waals surface area (Å²) in [7, 11) is 0.729. The summed E-state index contributed by atoms with van der Waals surface area (Å²) in [5.74, 6) is -43.9. The van der Waals surface area contributed by atoms with E-state index in [9.17, 15) is 66.7 Å². The summed E-state index contributed by atoms with van der Waals surface area (Å²) < 4.78 is 174. The lowest BCUT2D eigenvalue weighted by atomic mass is 9.93. The molecule has 0 fully saturated rings. The topological polar surface area (TPSA) is 55.4 Å². The van der Waals surface area contributed by atoms with Crippen molar-refractivity contribution in [3.63, 3.8) is 0 Å². The van der Waals surface area contributed by atoms with Gasteiger partial charge in [0.2, 0.25) is 0 Å². The molecule has 1 aromatic carbocycles. The fourth-order valence-corrected chi connectivity index (χ4v) is 1.99. The molecule has 0 aliphatic heterocycles. The molecular weight excluding hydrogens is 489 g/mol. The Hall–Kier alpha value is -2.75. The van der Waals surface area contributed by atoms with Crippen molar-refractivity contribution in [3.8, 4) is 0 Å². The third-order valence-electron chi connectivity index (χ3n) is 3.80. The van der Waals surface area contributed by atoms with E-state index in [1.807, 2.05) is 0 Å². The Bertz CT molecular complexity index is 880. The Kier molecular flexibility index (Phi) is 6.81. The lowest BCUT2D eigenvalue weighted by Gasteiger charge is -2.39. The zero-order chi connectivity index (χ0) is 25.6. The molecule has 0 saturated carbocycles. The zero-order valence-electron chi connectivity index (χ0n) is 14.9. The quantitative estimate of drug-likeness (QED) is 0.419. The van der Waals surface area contributed by atoms with Gasteiger partial charge in [-0.1, -0.05) is 12.1 Å². The van der Waals surface area contributed by atoms with Crippen molar-refractivity contribution < 1.29 is 71.4 Å². The number of anilines is 1. The molecule has 1 amide bonds. The monoisotopic (exact) mass is 497 g/mol. The molecule has 0 heterocycles. The first-order chi connectivity index (χ1) is 14.1. The van der Waals surface area contributed by atoms with Gasteiger partial charge in [-0.3, -0.25) is 4.79 Å². The maximum Gasteiger partial charge on any atom is 0.460 e. The van der Waals surface area contributed by atoms with Crippen LogP contribution in [0.2, 0.25) is 0 Å². The van der Waals surface area contributed by atoms with Crippen molar-refractivity contribution in [1.29, 1.82) is 0 Å². The van der Waals surface area contributed by atoms with Crippen molar-refractivity contribution >= 4 is 17.6 Å². The maximum absolute atomic E-state index is 13.8. The third kappa shape index (κ3) is 3.92. The highest BCUT2D eigenvalue weighted by Crippen LogP contribution is 2.60. The number of halogens is 13. The Balaban J connectivity index is 3.46. The van der Waals surface area contributed by atoms with Crippen LogP contribution in [0.15, 0.2) is 24.3 Å². The molecule has 0 aliphatic rings. The van der Waals surface area contributed by atoms with Crippen LogP contribution in [0.3, 0.4) is 0 Å². The largest absolute Gasteiger partial charge is 0.465 e. The van der Waals surface area contributed by atoms with E-state index in [4.69, 9.17) is 0 Å². The Morgan fingerprint density at radius 1 is 0.719 bits per heavy atom. The van der Waals surface area contributed by atoms with Crippen molar-refractivity contribution in [2.24, 2.45) is 0 Å². The van der Waals surface area contributed by atoms with Gasteiger partial charge in [-0.25, -0.2) is 4.79 Å². The summed E-state index contributed by atoms with van der Waals surface area (Å²) in [5, 5.41) is 0.807. The fraction of sp³-hybridized carbons (Fsp3) is 0.467. The van der Waals surface area contributed by atoms with Gasteiger partial charge < -0.3 is 10.1 Å². The minimum atomic E-state index is -8.13. The fourth-order valence-electron chi connectivity index (χ4n) is 1.99. The zero-order valence-corrected chi connectivity index (χ0v) is 14.9. The maximum atomic E-state index is 13.8. The van der Waals surface area contributed by atoms with E-state index in [2.05, 4.69) is 4.74 Å². The summed E-state index contributed by atoms with van der Waals surface area (Å²) in [6.07, 6.45) is -7.56. The van der Waals surface area contributed by atoms with E-state index in [0.29, 0.717) is 6.07 Å². The Morgan fingerprint density at radius 2 is 1.16 bits per heavy atom. The molecule has 0 aromatic heterocycles. The molecule has 4 nitrogen and oxygen atoms in total. The third-order valence-corrected chi connectivity index (χ3v) is 3.80. The SMILES string of the molecule is COC(=O)c1ccccc1NC(=O)C(F)(F)C(F)(F)C(F)(F)C(F)(F)C(F)(F)C(F)(F)F. The summed E-state index contributed by atoms with van der Waals surface area (Å²) in [5.41, 5.74) is -1.93. The highest BCUT2D eigenvalue weighted by Gasteiger charge is 2.91. The number of ether oxygens (including phenoxy) is 1. The number of hydrogen-bond acceptors (Lipinski definition) is 3. The number of rotatable bonds is 7. The van der Waals surface area contributed by atoms with Crippen molar-refractivity contribution in [2.75, 3.05) is 12.4 Å². The van der Waals surface area contributed by atoms with Crippen molar-refractivity contribution in [1.82, 2.24) is 0 Å². The summed E-state index contributed by atoms with van der Waals surface area (Å²) in [6.45, 7) is 0. The molecule has 0 radical (unpaired) electrons. The molecule has 0 spiro atoms. The van der Waals surface area contributed by atoms with E-state index < -0.39 is 58.9 Å². The van der Waals surface area contributed by atoms with Crippen LogP contribution in [0.1, 0.15) is 10.4 Å². The van der Waals surface area contributed by atoms with Crippen LogP contribution in [0, 0.1) is 0 Å². The molecule has 0 unspecified atom stereocenters. The molecule has 1 aromatic rings. The minimum Gasteiger partial charge on any atom is -0.465 e. The van der Waals surface area contributed by atoms with Gasteiger partial charge in [0.05, 0.1) is 18.4 Å². The lowest BCUT2D eigenvalue weighted by Crippen LogP contribution is -2.71. The van der Waals surface area contributed by atoms with Crippen LogP contribution in [-0.4, -0.2) is 54.8 Å². The Morgan fingerprint density at radius 3 is 1.59 bits per heavy atom. The van der Waals surface area contributed by atoms with Crippen LogP contribution in [0.25, 0.3) is 0 Å². The molecule has 17 heteroatoms. The number of benzene rings is 1. The van der Waals surface area contributed by atoms with Gasteiger partial charge in [0.1, 0.15) is 0 Å². The van der Waals surface area contributed by atoms with Gasteiger partial charge in [-0.15, -0.1) is 0 Å². The van der Waals surface area contributed by atoms with Crippen LogP contribution < -0.4 is 5.32 Å². The number of esters is 1. The van der Waals surface area contributed by atoms with Crippen molar-refractivity contribution in [3.05, 3.63) is 29.8 Å². The molecule has 1 N–H and O–H groups in total. The summed E-state index contributed by atoms with van der Waals surface area (Å²) in [4.78, 5) is 22.9. The standard InChI is InChI=1S/C15H8F13NO3/c1-32-8(30)6-4-2-3-5-7(6)29-9(31)10(16,17)11(18,19)12(20,21)13(22,23)14(24,25)15(26,27)28/h2-5H,1H3,(H,29,31). The molecule has 0 atom stereocenters. The van der Waals surface area contributed by atoms with Crippen LogP contribution >= 0.6 is 0 Å². The highest BCUT2D eigenvalue weighted by molar-refractivity contribution is 6.03. The van der Waals surface area contributed by atoms with Crippen LogP contribution in [-0.2, 0) is 9.53 Å². The summed E-state index contributed by atoms with van der Waals surface area (Å²) >= 11 is 0. The first-order valence-electron chi connectivity index (χ1n) is 7.55. The molecule has 0 saturated heterocycles. The van der Waals surface area contributed by atoms with E-state index in [0.717, 1.165) is 30.6 Å². The first kappa shape index (κ1) is 27.3. The minimum absolute atomic E-state index is 0.558. The second-order valence-electron chi connectivity index (χ2n) is 5.86. The smallest absolute Gasteiger partial charge is 0.460 e. The molecule has 1 rings (SSSR count). The van der Waals surface area contributed by atoms with Gasteiger partial charge in [0.25, 0.3) is 0 Å². The number of hydrogen-bond donors (Lipinski definition) is 1. The normalized spacial score (nSPS) is 14.2. The number of amides is 1. The number of alkyl halides is 13. The van der Waals surface area contributed by atoms with E-state index >= 15 is 0 Å². The molecule has 32 heavy (non-hydrogen) atoms. The van der Waals surface area contributed by atoms with E-state index in [-0.39, 0.29) is 0 Å². The Labute approximate surface area is 168 Å². The second kappa shape index (κ2) is 7.99. The molecule has 182 valence electrons. The number of carbonyl (C=O) groups excluding carboxylic acids is 2. The number of carbonyl (C=O) groups is 2. The predicted molar refractivity (Wildman–Crippen MR) is 77.2 cm³/mol. The molecular formula is C15H8F13NO3. The predicted octanol–water partition coefficient (Wildman–Crippen LogP) is 5.15. The lowest BCUT2D eigenvalue weighted by molar-refractivity contribution is -0.435.